The van der Waals surface area contributed by atoms with Gasteiger partial charge in [0.25, 0.3) is 0 Å². The SMILES string of the molecule is CNC(=O)[C@@H](C)N(Cc1ccc(Cl)cc1Cl)C(=O)Cc1ccc(C)c(C)c1. The van der Waals surface area contributed by atoms with E-state index in [0.717, 1.165) is 16.7 Å². The Bertz CT molecular complexity index is 852. The van der Waals surface area contributed by atoms with Crippen LogP contribution in [0.3, 0.4) is 0 Å². The summed E-state index contributed by atoms with van der Waals surface area (Å²) in [6.45, 7) is 5.99. The molecule has 1 N–H and O–H groups in total. The molecular weight excluding hydrogens is 383 g/mol. The number of hydrogen-bond donors (Lipinski definition) is 1. The van der Waals surface area contributed by atoms with E-state index in [-0.39, 0.29) is 24.8 Å². The molecule has 2 aromatic carbocycles. The molecule has 0 heterocycles. The van der Waals surface area contributed by atoms with E-state index < -0.39 is 6.04 Å². The number of nitrogens with one attached hydrogen (secondary N) is 1. The first-order chi connectivity index (χ1) is 12.7. The van der Waals surface area contributed by atoms with Gasteiger partial charge in [-0.05, 0) is 55.2 Å². The van der Waals surface area contributed by atoms with Crippen LogP contribution in [-0.4, -0.2) is 29.8 Å². The number of amides is 2. The van der Waals surface area contributed by atoms with Gasteiger partial charge in [-0.2, -0.15) is 0 Å². The van der Waals surface area contributed by atoms with Gasteiger partial charge in [-0.3, -0.25) is 9.59 Å². The predicted molar refractivity (Wildman–Crippen MR) is 110 cm³/mol. The highest BCUT2D eigenvalue weighted by Gasteiger charge is 2.26. The highest BCUT2D eigenvalue weighted by Crippen LogP contribution is 2.23. The third-order valence-electron chi connectivity index (χ3n) is 4.70. The van der Waals surface area contributed by atoms with Gasteiger partial charge < -0.3 is 10.2 Å². The van der Waals surface area contributed by atoms with Crippen LogP contribution in [0.5, 0.6) is 0 Å². The maximum Gasteiger partial charge on any atom is 0.242 e. The second kappa shape index (κ2) is 9.25. The van der Waals surface area contributed by atoms with Gasteiger partial charge in [0.15, 0.2) is 0 Å². The minimum atomic E-state index is -0.624. The van der Waals surface area contributed by atoms with Gasteiger partial charge in [0.05, 0.1) is 6.42 Å². The molecule has 0 bridgehead atoms. The molecule has 0 aliphatic carbocycles. The molecule has 27 heavy (non-hydrogen) atoms. The number of nitrogens with zero attached hydrogens (tertiary/aromatic N) is 1. The molecule has 0 saturated heterocycles. The maximum absolute atomic E-state index is 13.0. The van der Waals surface area contributed by atoms with Crippen molar-refractivity contribution in [1.82, 2.24) is 10.2 Å². The zero-order valence-corrected chi connectivity index (χ0v) is 17.5. The Hall–Kier alpha value is -2.04. The normalized spacial score (nSPS) is 11.8. The van der Waals surface area contributed by atoms with Crippen molar-refractivity contribution in [3.05, 3.63) is 68.7 Å². The molecule has 0 spiro atoms. The van der Waals surface area contributed by atoms with Crippen LogP contribution in [-0.2, 0) is 22.6 Å². The quantitative estimate of drug-likeness (QED) is 0.776. The monoisotopic (exact) mass is 406 g/mol. The van der Waals surface area contributed by atoms with Crippen molar-refractivity contribution >= 4 is 35.0 Å². The van der Waals surface area contributed by atoms with E-state index in [4.69, 9.17) is 23.2 Å². The van der Waals surface area contributed by atoms with E-state index in [1.165, 1.54) is 5.56 Å². The summed E-state index contributed by atoms with van der Waals surface area (Å²) in [5, 5.41) is 3.60. The molecule has 144 valence electrons. The topological polar surface area (TPSA) is 49.4 Å². The van der Waals surface area contributed by atoms with E-state index in [0.29, 0.717) is 10.0 Å². The zero-order valence-electron chi connectivity index (χ0n) is 16.0. The highest BCUT2D eigenvalue weighted by atomic mass is 35.5. The minimum absolute atomic E-state index is 0.139. The number of hydrogen-bond acceptors (Lipinski definition) is 2. The molecule has 0 aromatic heterocycles. The summed E-state index contributed by atoms with van der Waals surface area (Å²) in [6.07, 6.45) is 0.216. The molecule has 4 nitrogen and oxygen atoms in total. The predicted octanol–water partition coefficient (Wildman–Crippen LogP) is 4.32. The van der Waals surface area contributed by atoms with Gasteiger partial charge in [-0.15, -0.1) is 0 Å². The third-order valence-corrected chi connectivity index (χ3v) is 5.28. The summed E-state index contributed by atoms with van der Waals surface area (Å²) < 4.78 is 0. The van der Waals surface area contributed by atoms with E-state index in [1.807, 2.05) is 32.0 Å². The Balaban J connectivity index is 2.28. The molecule has 1 atom stereocenters. The first-order valence-electron chi connectivity index (χ1n) is 8.74. The molecule has 2 rings (SSSR count). The maximum atomic E-state index is 13.0. The van der Waals surface area contributed by atoms with Crippen LogP contribution in [0.2, 0.25) is 10.0 Å². The fourth-order valence-corrected chi connectivity index (χ4v) is 3.28. The van der Waals surface area contributed by atoms with E-state index >= 15 is 0 Å². The fraction of sp³-hybridized carbons (Fsp3) is 0.333. The average Bonchev–Trinajstić information content (AvgIpc) is 2.62. The van der Waals surface area contributed by atoms with Crippen molar-refractivity contribution in [2.75, 3.05) is 7.05 Å². The van der Waals surface area contributed by atoms with Gasteiger partial charge >= 0.3 is 0 Å². The van der Waals surface area contributed by atoms with E-state index in [1.54, 1.807) is 37.1 Å². The van der Waals surface area contributed by atoms with E-state index in [2.05, 4.69) is 5.32 Å². The van der Waals surface area contributed by atoms with Gasteiger partial charge in [0, 0.05) is 23.6 Å². The fourth-order valence-electron chi connectivity index (χ4n) is 2.81. The minimum Gasteiger partial charge on any atom is -0.357 e. The van der Waals surface area contributed by atoms with Crippen LogP contribution < -0.4 is 5.32 Å². The van der Waals surface area contributed by atoms with Gasteiger partial charge in [0.2, 0.25) is 11.8 Å². The number of carbonyl (C=O) groups excluding carboxylic acids is 2. The van der Waals surface area contributed by atoms with Crippen LogP contribution in [0, 0.1) is 13.8 Å². The van der Waals surface area contributed by atoms with Crippen LogP contribution in [0.15, 0.2) is 36.4 Å². The smallest absolute Gasteiger partial charge is 0.242 e. The van der Waals surface area contributed by atoms with Crippen LogP contribution in [0.4, 0.5) is 0 Å². The molecule has 0 saturated carbocycles. The molecule has 0 radical (unpaired) electrons. The van der Waals surface area contributed by atoms with E-state index in [9.17, 15) is 9.59 Å². The van der Waals surface area contributed by atoms with Crippen LogP contribution in [0.1, 0.15) is 29.2 Å². The number of likely N-dealkylation sites (N-methyl/N-ethyl adjacent to an activating group) is 1. The largest absolute Gasteiger partial charge is 0.357 e. The highest BCUT2D eigenvalue weighted by molar-refractivity contribution is 6.35. The molecule has 0 aliphatic rings. The Labute approximate surface area is 170 Å². The molecular formula is C21H24Cl2N2O2. The van der Waals surface area contributed by atoms with Crippen molar-refractivity contribution < 1.29 is 9.59 Å². The molecule has 0 unspecified atom stereocenters. The number of halogens is 2. The summed E-state index contributed by atoms with van der Waals surface area (Å²) >= 11 is 12.2. The second-order valence-electron chi connectivity index (χ2n) is 6.64. The van der Waals surface area contributed by atoms with Gasteiger partial charge in [-0.25, -0.2) is 0 Å². The Morgan fingerprint density at radius 3 is 2.37 bits per heavy atom. The molecule has 0 aliphatic heterocycles. The summed E-state index contributed by atoms with van der Waals surface area (Å²) in [6, 6.07) is 10.5. The average molecular weight is 407 g/mol. The van der Waals surface area contributed by atoms with Crippen molar-refractivity contribution in [3.8, 4) is 0 Å². The molecule has 2 aromatic rings. The lowest BCUT2D eigenvalue weighted by Crippen LogP contribution is -2.47. The molecule has 0 fully saturated rings. The van der Waals surface area contributed by atoms with Gasteiger partial charge in [-0.1, -0.05) is 47.5 Å². The third kappa shape index (κ3) is 5.47. The first kappa shape index (κ1) is 21.3. The van der Waals surface area contributed by atoms with Gasteiger partial charge in [0.1, 0.15) is 6.04 Å². The zero-order chi connectivity index (χ0) is 20.1. The van der Waals surface area contributed by atoms with Crippen molar-refractivity contribution in [1.29, 1.82) is 0 Å². The summed E-state index contributed by atoms with van der Waals surface area (Å²) in [5.41, 5.74) is 3.96. The van der Waals surface area contributed by atoms with Crippen LogP contribution in [0.25, 0.3) is 0 Å². The standard InChI is InChI=1S/C21H24Cl2N2O2/c1-13-5-6-16(9-14(13)2)10-20(26)25(15(3)21(27)24-4)12-17-7-8-18(22)11-19(17)23/h5-9,11,15H,10,12H2,1-4H3,(H,24,27)/t15-/m1/s1. The van der Waals surface area contributed by atoms with Crippen molar-refractivity contribution in [3.63, 3.8) is 0 Å². The first-order valence-corrected chi connectivity index (χ1v) is 9.49. The second-order valence-corrected chi connectivity index (χ2v) is 7.49. The molecule has 2 amide bonds. The lowest BCUT2D eigenvalue weighted by atomic mass is 10.0. The summed E-state index contributed by atoms with van der Waals surface area (Å²) in [5.74, 6) is -0.367. The Morgan fingerprint density at radius 2 is 1.78 bits per heavy atom. The lowest BCUT2D eigenvalue weighted by molar-refractivity contribution is -0.139. The Morgan fingerprint density at radius 1 is 1.07 bits per heavy atom. The summed E-state index contributed by atoms with van der Waals surface area (Å²) in [7, 11) is 1.56. The number of rotatable bonds is 6. The van der Waals surface area contributed by atoms with Crippen molar-refractivity contribution in [2.24, 2.45) is 0 Å². The van der Waals surface area contributed by atoms with Crippen molar-refractivity contribution in [2.45, 2.75) is 39.8 Å². The number of aryl methyl sites for hydroxylation is 2. The summed E-state index contributed by atoms with van der Waals surface area (Å²) in [4.78, 5) is 26.8. The van der Waals surface area contributed by atoms with Crippen LogP contribution >= 0.6 is 23.2 Å². The lowest BCUT2D eigenvalue weighted by Gasteiger charge is -2.29. The number of carbonyl (C=O) groups is 2. The number of benzene rings is 2. The Kier molecular flexibility index (Phi) is 7.28. The molecule has 6 heteroatoms.